The van der Waals surface area contributed by atoms with Crippen molar-refractivity contribution in [2.24, 2.45) is 7.05 Å². The van der Waals surface area contributed by atoms with Gasteiger partial charge in [-0.3, -0.25) is 4.79 Å². The molecule has 23 heavy (non-hydrogen) atoms. The summed E-state index contributed by atoms with van der Waals surface area (Å²) < 4.78 is 2.07. The number of aromatic amines is 1. The van der Waals surface area contributed by atoms with Gasteiger partial charge in [0.05, 0.1) is 5.92 Å². The predicted octanol–water partition coefficient (Wildman–Crippen LogP) is 2.67. The number of imidazole rings is 1. The van der Waals surface area contributed by atoms with Crippen molar-refractivity contribution in [3.05, 3.63) is 53.7 Å². The summed E-state index contributed by atoms with van der Waals surface area (Å²) in [5, 5.41) is 4.16. The smallest absolute Gasteiger partial charge is 0.227 e. The average Bonchev–Trinajstić information content (AvgIpc) is 3.11. The highest BCUT2D eigenvalue weighted by Crippen LogP contribution is 2.27. The summed E-state index contributed by atoms with van der Waals surface area (Å²) in [6.45, 7) is 4.48. The first-order valence-corrected chi connectivity index (χ1v) is 7.88. The number of rotatable bonds is 5. The number of aromatic nitrogens is 3. The number of hydrogen-bond donors (Lipinski definition) is 2. The molecule has 3 rings (SSSR count). The summed E-state index contributed by atoms with van der Waals surface area (Å²) >= 11 is 0. The summed E-state index contributed by atoms with van der Waals surface area (Å²) in [5.41, 5.74) is 3.26. The molecule has 0 spiro atoms. The Bertz CT molecular complexity index is 831. The Morgan fingerprint density at radius 3 is 2.91 bits per heavy atom. The van der Waals surface area contributed by atoms with Crippen LogP contribution in [0.25, 0.3) is 10.9 Å². The molecule has 120 valence electrons. The molecule has 5 nitrogen and oxygen atoms in total. The lowest BCUT2D eigenvalue weighted by atomic mass is 9.99. The molecule has 5 heteroatoms. The van der Waals surface area contributed by atoms with Gasteiger partial charge in [0, 0.05) is 49.0 Å². The van der Waals surface area contributed by atoms with Gasteiger partial charge in [0.15, 0.2) is 0 Å². The summed E-state index contributed by atoms with van der Waals surface area (Å²) in [4.78, 5) is 19.8. The zero-order valence-electron chi connectivity index (χ0n) is 13.8. The molecule has 0 radical (unpaired) electrons. The third kappa shape index (κ3) is 3.13. The molecule has 2 N–H and O–H groups in total. The molecule has 0 aliphatic rings. The van der Waals surface area contributed by atoms with E-state index in [1.165, 1.54) is 0 Å². The molecular weight excluding hydrogens is 288 g/mol. The number of carbonyl (C=O) groups excluding carboxylic acids is 1. The molecule has 1 unspecified atom stereocenters. The third-order valence-corrected chi connectivity index (χ3v) is 4.24. The first kappa shape index (κ1) is 15.3. The Kier molecular flexibility index (Phi) is 4.19. The lowest BCUT2D eigenvalue weighted by Crippen LogP contribution is -2.29. The zero-order chi connectivity index (χ0) is 16.4. The minimum absolute atomic E-state index is 0.0533. The molecule has 0 bridgehead atoms. The minimum Gasteiger partial charge on any atom is -0.355 e. The van der Waals surface area contributed by atoms with Crippen LogP contribution < -0.4 is 5.32 Å². The Morgan fingerprint density at radius 2 is 2.17 bits per heavy atom. The Morgan fingerprint density at radius 1 is 1.39 bits per heavy atom. The topological polar surface area (TPSA) is 62.7 Å². The van der Waals surface area contributed by atoms with Crippen LogP contribution in [0.3, 0.4) is 0 Å². The Balaban J connectivity index is 1.66. The van der Waals surface area contributed by atoms with Crippen LogP contribution in [-0.2, 0) is 18.3 Å². The second kappa shape index (κ2) is 6.28. The normalized spacial score (nSPS) is 12.5. The SMILES string of the molecule is Cc1ncc(CCNC(=O)C(C)c2cn(C)c3ccccc23)[nH]1. The number of carbonyl (C=O) groups is 1. The number of benzene rings is 1. The molecule has 2 heterocycles. The van der Waals surface area contributed by atoms with Crippen LogP contribution in [0.15, 0.2) is 36.7 Å². The first-order chi connectivity index (χ1) is 11.1. The highest BCUT2D eigenvalue weighted by Gasteiger charge is 2.19. The number of fused-ring (bicyclic) bond motifs is 1. The average molecular weight is 310 g/mol. The van der Waals surface area contributed by atoms with E-state index >= 15 is 0 Å². The lowest BCUT2D eigenvalue weighted by molar-refractivity contribution is -0.122. The highest BCUT2D eigenvalue weighted by molar-refractivity contribution is 5.92. The van der Waals surface area contributed by atoms with Crippen LogP contribution in [0.1, 0.15) is 29.9 Å². The molecule has 0 saturated heterocycles. The molecule has 1 aromatic carbocycles. The molecule has 0 aliphatic heterocycles. The van der Waals surface area contributed by atoms with Gasteiger partial charge in [-0.05, 0) is 25.5 Å². The van der Waals surface area contributed by atoms with Crippen LogP contribution in [0.5, 0.6) is 0 Å². The van der Waals surface area contributed by atoms with Gasteiger partial charge in [0.1, 0.15) is 5.82 Å². The minimum atomic E-state index is -0.176. The van der Waals surface area contributed by atoms with Gasteiger partial charge in [-0.2, -0.15) is 0 Å². The summed E-state index contributed by atoms with van der Waals surface area (Å²) in [5.74, 6) is 0.776. The predicted molar refractivity (Wildman–Crippen MR) is 91.4 cm³/mol. The Hall–Kier alpha value is -2.56. The largest absolute Gasteiger partial charge is 0.355 e. The number of nitrogens with one attached hydrogen (secondary N) is 2. The van der Waals surface area contributed by atoms with E-state index < -0.39 is 0 Å². The quantitative estimate of drug-likeness (QED) is 0.761. The van der Waals surface area contributed by atoms with Crippen LogP contribution >= 0.6 is 0 Å². The first-order valence-electron chi connectivity index (χ1n) is 7.88. The van der Waals surface area contributed by atoms with Crippen molar-refractivity contribution in [3.63, 3.8) is 0 Å². The fraction of sp³-hybridized carbons (Fsp3) is 0.333. The van der Waals surface area contributed by atoms with E-state index in [1.54, 1.807) is 0 Å². The van der Waals surface area contributed by atoms with Crippen LogP contribution in [0, 0.1) is 6.92 Å². The maximum atomic E-state index is 12.4. The van der Waals surface area contributed by atoms with E-state index in [4.69, 9.17) is 0 Å². The number of amides is 1. The van der Waals surface area contributed by atoms with E-state index in [0.29, 0.717) is 6.54 Å². The number of para-hydroxylation sites is 1. The maximum Gasteiger partial charge on any atom is 0.227 e. The fourth-order valence-corrected chi connectivity index (χ4v) is 2.93. The van der Waals surface area contributed by atoms with Gasteiger partial charge in [-0.15, -0.1) is 0 Å². The van der Waals surface area contributed by atoms with Gasteiger partial charge in [-0.1, -0.05) is 18.2 Å². The van der Waals surface area contributed by atoms with Crippen molar-refractivity contribution < 1.29 is 4.79 Å². The van der Waals surface area contributed by atoms with Crippen molar-refractivity contribution in [2.75, 3.05) is 6.54 Å². The van der Waals surface area contributed by atoms with Crippen LogP contribution in [-0.4, -0.2) is 27.0 Å². The molecule has 0 fully saturated rings. The molecule has 0 saturated carbocycles. The number of aryl methyl sites for hydroxylation is 2. The zero-order valence-corrected chi connectivity index (χ0v) is 13.8. The van der Waals surface area contributed by atoms with Crippen molar-refractivity contribution in [1.29, 1.82) is 0 Å². The monoisotopic (exact) mass is 310 g/mol. The number of hydrogen-bond acceptors (Lipinski definition) is 2. The van der Waals surface area contributed by atoms with Gasteiger partial charge in [0.2, 0.25) is 5.91 Å². The number of nitrogens with zero attached hydrogens (tertiary/aromatic N) is 2. The lowest BCUT2D eigenvalue weighted by Gasteiger charge is -2.11. The maximum absolute atomic E-state index is 12.4. The third-order valence-electron chi connectivity index (χ3n) is 4.24. The summed E-state index contributed by atoms with van der Waals surface area (Å²) in [6.07, 6.45) is 4.62. The van der Waals surface area contributed by atoms with E-state index in [1.807, 2.05) is 45.4 Å². The standard InChI is InChI=1S/C18H22N4O/c1-12(16-11-22(3)17-7-5-4-6-15(16)17)18(23)19-9-8-14-10-20-13(2)21-14/h4-7,10-12H,8-9H2,1-3H3,(H,19,23)(H,20,21). The van der Waals surface area contributed by atoms with E-state index in [-0.39, 0.29) is 11.8 Å². The van der Waals surface area contributed by atoms with E-state index in [0.717, 1.165) is 34.4 Å². The molecule has 3 aromatic rings. The number of H-pyrrole nitrogens is 1. The van der Waals surface area contributed by atoms with Gasteiger partial charge in [-0.25, -0.2) is 4.98 Å². The molecule has 1 atom stereocenters. The second-order valence-electron chi connectivity index (χ2n) is 5.97. The van der Waals surface area contributed by atoms with Crippen molar-refractivity contribution in [3.8, 4) is 0 Å². The van der Waals surface area contributed by atoms with Crippen molar-refractivity contribution in [2.45, 2.75) is 26.2 Å². The summed E-state index contributed by atoms with van der Waals surface area (Å²) in [7, 11) is 2.01. The fourth-order valence-electron chi connectivity index (χ4n) is 2.93. The molecular formula is C18H22N4O. The van der Waals surface area contributed by atoms with Gasteiger partial charge < -0.3 is 14.9 Å². The van der Waals surface area contributed by atoms with Gasteiger partial charge >= 0.3 is 0 Å². The van der Waals surface area contributed by atoms with Crippen LogP contribution in [0.4, 0.5) is 0 Å². The van der Waals surface area contributed by atoms with E-state index in [9.17, 15) is 4.79 Å². The van der Waals surface area contributed by atoms with E-state index in [2.05, 4.69) is 32.0 Å². The summed E-state index contributed by atoms with van der Waals surface area (Å²) in [6, 6.07) is 8.17. The molecule has 2 aromatic heterocycles. The van der Waals surface area contributed by atoms with Crippen LogP contribution in [0.2, 0.25) is 0 Å². The van der Waals surface area contributed by atoms with Gasteiger partial charge in [0.25, 0.3) is 0 Å². The molecule has 0 aliphatic carbocycles. The van der Waals surface area contributed by atoms with Crippen molar-refractivity contribution in [1.82, 2.24) is 19.9 Å². The highest BCUT2D eigenvalue weighted by atomic mass is 16.1. The second-order valence-corrected chi connectivity index (χ2v) is 5.97. The van der Waals surface area contributed by atoms with Crippen molar-refractivity contribution >= 4 is 16.8 Å². The molecule has 1 amide bonds. The Labute approximate surface area is 135 Å².